The molecular weight excluding hydrogens is 360 g/mol. The van der Waals surface area contributed by atoms with Crippen LogP contribution in [-0.4, -0.2) is 46.6 Å². The van der Waals surface area contributed by atoms with E-state index in [1.165, 1.54) is 6.26 Å². The summed E-state index contributed by atoms with van der Waals surface area (Å²) in [4.78, 5) is 9.04. The predicted octanol–water partition coefficient (Wildman–Crippen LogP) is 3.07. The average Bonchev–Trinajstić information content (AvgIpc) is 3.18. The molecule has 0 spiro atoms. The third kappa shape index (κ3) is 3.79. The van der Waals surface area contributed by atoms with Crippen molar-refractivity contribution in [1.82, 2.24) is 18.8 Å². The van der Waals surface area contributed by atoms with Crippen LogP contribution in [0.25, 0.3) is 17.1 Å². The number of imidazole rings is 1. The van der Waals surface area contributed by atoms with E-state index in [1.54, 1.807) is 16.7 Å². The van der Waals surface area contributed by atoms with Crippen LogP contribution in [0.1, 0.15) is 24.5 Å². The van der Waals surface area contributed by atoms with E-state index in [-0.39, 0.29) is 5.92 Å². The van der Waals surface area contributed by atoms with Crippen molar-refractivity contribution in [3.63, 3.8) is 0 Å². The summed E-state index contributed by atoms with van der Waals surface area (Å²) >= 11 is 0. The standard InChI is InChI=1S/C20H22N4O2S/c1-27(25,26)23-12-5-8-17(15-23)19-14-18(9-10-21-19)24-13-11-22-20(24)16-6-3-2-4-7-16/h2-4,6-7,9-11,13-14,17H,5,8,12,15H2,1H3/t17-/m0/s1. The normalized spacial score (nSPS) is 18.5. The molecule has 0 aliphatic carbocycles. The summed E-state index contributed by atoms with van der Waals surface area (Å²) in [5, 5.41) is 0. The number of pyridine rings is 1. The lowest BCUT2D eigenvalue weighted by molar-refractivity contribution is 0.314. The predicted molar refractivity (Wildman–Crippen MR) is 105 cm³/mol. The molecule has 27 heavy (non-hydrogen) atoms. The molecule has 6 nitrogen and oxygen atoms in total. The largest absolute Gasteiger partial charge is 0.300 e. The summed E-state index contributed by atoms with van der Waals surface area (Å²) in [5.41, 5.74) is 2.95. The highest BCUT2D eigenvalue weighted by Gasteiger charge is 2.27. The Labute approximate surface area is 159 Å². The molecule has 0 saturated carbocycles. The number of piperidine rings is 1. The lowest BCUT2D eigenvalue weighted by atomic mass is 9.95. The van der Waals surface area contributed by atoms with Gasteiger partial charge in [-0.25, -0.2) is 17.7 Å². The van der Waals surface area contributed by atoms with E-state index < -0.39 is 10.0 Å². The molecule has 4 rings (SSSR count). The molecule has 1 aliphatic rings. The third-order valence-corrected chi connectivity index (χ3v) is 6.26. The lowest BCUT2D eigenvalue weighted by Crippen LogP contribution is -2.38. The molecule has 0 unspecified atom stereocenters. The molecule has 3 heterocycles. The molecule has 0 amide bonds. The first kappa shape index (κ1) is 17.9. The van der Waals surface area contributed by atoms with Crippen LogP contribution in [-0.2, 0) is 10.0 Å². The van der Waals surface area contributed by atoms with Crippen LogP contribution in [0.2, 0.25) is 0 Å². The van der Waals surface area contributed by atoms with Crippen molar-refractivity contribution in [2.24, 2.45) is 0 Å². The number of benzene rings is 1. The Hall–Kier alpha value is -2.51. The number of sulfonamides is 1. The number of hydrogen-bond donors (Lipinski definition) is 0. The molecule has 2 aromatic heterocycles. The molecule has 0 bridgehead atoms. The molecule has 1 aromatic carbocycles. The smallest absolute Gasteiger partial charge is 0.211 e. The SMILES string of the molecule is CS(=O)(=O)N1CCC[C@H](c2cc(-n3ccnc3-c3ccccc3)ccn2)C1. The van der Waals surface area contributed by atoms with Gasteiger partial charge in [-0.3, -0.25) is 9.55 Å². The summed E-state index contributed by atoms with van der Waals surface area (Å²) in [6, 6.07) is 14.0. The van der Waals surface area contributed by atoms with Gasteiger partial charge in [-0.2, -0.15) is 0 Å². The monoisotopic (exact) mass is 382 g/mol. The molecule has 1 fully saturated rings. The van der Waals surface area contributed by atoms with Crippen molar-refractivity contribution >= 4 is 10.0 Å². The number of nitrogens with zero attached hydrogens (tertiary/aromatic N) is 4. The number of rotatable bonds is 4. The fraction of sp³-hybridized carbons (Fsp3) is 0.300. The van der Waals surface area contributed by atoms with E-state index in [1.807, 2.05) is 53.2 Å². The van der Waals surface area contributed by atoms with Crippen molar-refractivity contribution in [3.8, 4) is 17.1 Å². The van der Waals surface area contributed by atoms with E-state index in [0.29, 0.717) is 13.1 Å². The zero-order valence-corrected chi connectivity index (χ0v) is 16.0. The van der Waals surface area contributed by atoms with Crippen LogP contribution >= 0.6 is 0 Å². The van der Waals surface area contributed by atoms with Crippen molar-refractivity contribution < 1.29 is 8.42 Å². The van der Waals surface area contributed by atoms with Crippen LogP contribution < -0.4 is 0 Å². The van der Waals surface area contributed by atoms with Gasteiger partial charge in [0.2, 0.25) is 10.0 Å². The molecule has 1 saturated heterocycles. The van der Waals surface area contributed by atoms with Crippen molar-refractivity contribution in [3.05, 3.63) is 66.7 Å². The fourth-order valence-corrected chi connectivity index (χ4v) is 4.52. The highest BCUT2D eigenvalue weighted by molar-refractivity contribution is 7.88. The Morgan fingerprint density at radius 1 is 1.07 bits per heavy atom. The maximum absolute atomic E-state index is 11.9. The summed E-state index contributed by atoms with van der Waals surface area (Å²) in [5.74, 6) is 0.978. The van der Waals surface area contributed by atoms with Crippen LogP contribution in [0.4, 0.5) is 0 Å². The van der Waals surface area contributed by atoms with Gasteiger partial charge in [0.15, 0.2) is 0 Å². The highest BCUT2D eigenvalue weighted by atomic mass is 32.2. The van der Waals surface area contributed by atoms with Crippen LogP contribution in [0.15, 0.2) is 61.1 Å². The van der Waals surface area contributed by atoms with Crippen molar-refractivity contribution in [1.29, 1.82) is 0 Å². The van der Waals surface area contributed by atoms with E-state index in [0.717, 1.165) is 35.6 Å². The molecule has 1 aliphatic heterocycles. The molecule has 3 aromatic rings. The first-order chi connectivity index (χ1) is 13.0. The van der Waals surface area contributed by atoms with E-state index in [2.05, 4.69) is 9.97 Å². The van der Waals surface area contributed by atoms with Crippen LogP contribution in [0, 0.1) is 0 Å². The molecular formula is C20H22N4O2S. The fourth-order valence-electron chi connectivity index (χ4n) is 3.61. The van der Waals surface area contributed by atoms with Crippen molar-refractivity contribution in [2.75, 3.05) is 19.3 Å². The second-order valence-corrected chi connectivity index (χ2v) is 8.87. The quantitative estimate of drug-likeness (QED) is 0.695. The number of aromatic nitrogens is 3. The van der Waals surface area contributed by atoms with E-state index >= 15 is 0 Å². The van der Waals surface area contributed by atoms with E-state index in [9.17, 15) is 8.42 Å². The topological polar surface area (TPSA) is 68.1 Å². The maximum atomic E-state index is 11.9. The first-order valence-electron chi connectivity index (χ1n) is 9.02. The Kier molecular flexibility index (Phi) is 4.80. The van der Waals surface area contributed by atoms with Gasteiger partial charge in [0.25, 0.3) is 0 Å². The minimum absolute atomic E-state index is 0.108. The maximum Gasteiger partial charge on any atom is 0.211 e. The van der Waals surface area contributed by atoms with E-state index in [4.69, 9.17) is 0 Å². The second kappa shape index (κ2) is 7.25. The highest BCUT2D eigenvalue weighted by Crippen LogP contribution is 2.29. The third-order valence-electron chi connectivity index (χ3n) is 4.99. The van der Waals surface area contributed by atoms with Gasteiger partial charge < -0.3 is 0 Å². The van der Waals surface area contributed by atoms with Gasteiger partial charge in [0, 0.05) is 48.9 Å². The zero-order chi connectivity index (χ0) is 18.9. The number of hydrogen-bond acceptors (Lipinski definition) is 4. The van der Waals surface area contributed by atoms with Gasteiger partial charge in [0.1, 0.15) is 5.82 Å². The Bertz CT molecular complexity index is 1030. The summed E-state index contributed by atoms with van der Waals surface area (Å²) in [7, 11) is -3.17. The Morgan fingerprint density at radius 2 is 1.89 bits per heavy atom. The molecule has 1 atom stereocenters. The zero-order valence-electron chi connectivity index (χ0n) is 15.2. The van der Waals surface area contributed by atoms with Crippen LogP contribution in [0.3, 0.4) is 0 Å². The molecule has 0 radical (unpaired) electrons. The molecule has 0 N–H and O–H groups in total. The lowest BCUT2D eigenvalue weighted by Gasteiger charge is -2.30. The van der Waals surface area contributed by atoms with Crippen molar-refractivity contribution in [2.45, 2.75) is 18.8 Å². The molecule has 7 heteroatoms. The summed E-state index contributed by atoms with van der Waals surface area (Å²) in [6.07, 6.45) is 8.58. The van der Waals surface area contributed by atoms with Gasteiger partial charge in [-0.05, 0) is 25.0 Å². The van der Waals surface area contributed by atoms with Gasteiger partial charge in [-0.15, -0.1) is 0 Å². The second-order valence-electron chi connectivity index (χ2n) is 6.89. The Morgan fingerprint density at radius 3 is 2.67 bits per heavy atom. The first-order valence-corrected chi connectivity index (χ1v) is 10.9. The Balaban J connectivity index is 1.66. The van der Waals surface area contributed by atoms with Gasteiger partial charge >= 0.3 is 0 Å². The summed E-state index contributed by atoms with van der Waals surface area (Å²) in [6.45, 7) is 1.08. The minimum Gasteiger partial charge on any atom is -0.300 e. The average molecular weight is 382 g/mol. The van der Waals surface area contributed by atoms with Gasteiger partial charge in [-0.1, -0.05) is 30.3 Å². The minimum atomic E-state index is -3.17. The summed E-state index contributed by atoms with van der Waals surface area (Å²) < 4.78 is 27.4. The van der Waals surface area contributed by atoms with Crippen LogP contribution in [0.5, 0.6) is 0 Å². The molecule has 140 valence electrons. The van der Waals surface area contributed by atoms with Gasteiger partial charge in [0.05, 0.1) is 11.9 Å².